The van der Waals surface area contributed by atoms with Crippen molar-refractivity contribution in [2.75, 3.05) is 5.75 Å². The van der Waals surface area contributed by atoms with Crippen molar-refractivity contribution >= 4 is 34.0 Å². The number of hydrogen-bond acceptors (Lipinski definition) is 3. The molecule has 35 heavy (non-hydrogen) atoms. The van der Waals surface area contributed by atoms with Crippen LogP contribution in [-0.2, 0) is 17.5 Å². The molecule has 0 spiro atoms. The Morgan fingerprint density at radius 2 is 2.03 bits per heavy atom. The van der Waals surface area contributed by atoms with Crippen molar-refractivity contribution in [3.8, 4) is 22.4 Å². The molecule has 180 valence electrons. The zero-order chi connectivity index (χ0) is 24.9. The van der Waals surface area contributed by atoms with E-state index in [1.807, 2.05) is 44.2 Å². The summed E-state index contributed by atoms with van der Waals surface area (Å²) in [5, 5.41) is 11.0. The van der Waals surface area contributed by atoms with Gasteiger partial charge in [-0.2, -0.15) is 0 Å². The molecule has 0 bridgehead atoms. The van der Waals surface area contributed by atoms with Crippen molar-refractivity contribution in [3.63, 3.8) is 0 Å². The van der Waals surface area contributed by atoms with Crippen LogP contribution in [0.15, 0.2) is 48.2 Å². The number of aromatic nitrogens is 2. The maximum absolute atomic E-state index is 14.5. The molecule has 1 aliphatic carbocycles. The molecule has 2 heterocycles. The van der Waals surface area contributed by atoms with Gasteiger partial charge < -0.3 is 19.6 Å². The highest BCUT2D eigenvalue weighted by atomic mass is 32.2. The first-order chi connectivity index (χ1) is 16.7. The molecule has 0 saturated carbocycles. The monoisotopic (exact) mass is 491 g/mol. The molecule has 0 radical (unpaired) electrons. The molecule has 0 fully saturated rings. The molecule has 1 atom stereocenters. The molecule has 2 aromatic heterocycles. The molecular weight excluding hydrogens is 467 g/mol. The van der Waals surface area contributed by atoms with E-state index in [0.29, 0.717) is 35.2 Å². The summed E-state index contributed by atoms with van der Waals surface area (Å²) in [7, 11) is 0. The van der Waals surface area contributed by atoms with Gasteiger partial charge in [-0.1, -0.05) is 54.8 Å². The third-order valence-electron chi connectivity index (χ3n) is 6.55. The third kappa shape index (κ3) is 4.13. The topological polar surface area (TPSA) is 109 Å². The van der Waals surface area contributed by atoms with Gasteiger partial charge in [0.25, 0.3) is 0 Å². The number of allylic oxidation sites excluding steroid dienone is 1. The SMILES string of the molecule is CC(C)c1c(-c2cc(F)cc3[nH]ccc23)[nH]c(C(=O)O)c1-c1cccc2c1C=C(CCS(=O)[O-])C2. The molecule has 0 saturated heterocycles. The molecule has 0 amide bonds. The highest BCUT2D eigenvalue weighted by molar-refractivity contribution is 7.79. The highest BCUT2D eigenvalue weighted by Gasteiger charge is 2.29. The van der Waals surface area contributed by atoms with Gasteiger partial charge in [0.1, 0.15) is 11.5 Å². The molecule has 1 aliphatic rings. The second-order valence-electron chi connectivity index (χ2n) is 9.13. The summed E-state index contributed by atoms with van der Waals surface area (Å²) in [6.07, 6.45) is 4.77. The lowest BCUT2D eigenvalue weighted by molar-refractivity contribution is 0.0692. The first-order valence-corrected chi connectivity index (χ1v) is 12.6. The van der Waals surface area contributed by atoms with Crippen LogP contribution in [0, 0.1) is 5.82 Å². The molecule has 2 aromatic carbocycles. The van der Waals surface area contributed by atoms with Gasteiger partial charge in [0.05, 0.1) is 5.69 Å². The molecule has 1 unspecified atom stereocenters. The van der Waals surface area contributed by atoms with Crippen LogP contribution in [0.2, 0.25) is 0 Å². The average Bonchev–Trinajstić information content (AvgIpc) is 3.52. The van der Waals surface area contributed by atoms with E-state index in [9.17, 15) is 23.1 Å². The number of carboxylic acid groups (broad SMARTS) is 1. The largest absolute Gasteiger partial charge is 0.772 e. The van der Waals surface area contributed by atoms with Crippen molar-refractivity contribution in [2.24, 2.45) is 0 Å². The summed E-state index contributed by atoms with van der Waals surface area (Å²) in [6.45, 7) is 3.98. The van der Waals surface area contributed by atoms with Crippen molar-refractivity contribution in [2.45, 2.75) is 32.6 Å². The van der Waals surface area contributed by atoms with Gasteiger partial charge in [0, 0.05) is 34.0 Å². The Balaban J connectivity index is 1.76. The Kier molecular flexibility index (Phi) is 5.94. The van der Waals surface area contributed by atoms with Gasteiger partial charge in [0.2, 0.25) is 0 Å². The van der Waals surface area contributed by atoms with Gasteiger partial charge in [-0.15, -0.1) is 0 Å². The van der Waals surface area contributed by atoms with Crippen molar-refractivity contribution in [1.29, 1.82) is 0 Å². The summed E-state index contributed by atoms with van der Waals surface area (Å²) in [6, 6.07) is 10.5. The first-order valence-electron chi connectivity index (χ1n) is 11.4. The number of aromatic amines is 2. The van der Waals surface area contributed by atoms with Crippen molar-refractivity contribution < 1.29 is 23.1 Å². The van der Waals surface area contributed by atoms with E-state index >= 15 is 0 Å². The lowest BCUT2D eigenvalue weighted by Crippen LogP contribution is -2.01. The minimum atomic E-state index is -2.12. The maximum atomic E-state index is 14.5. The van der Waals surface area contributed by atoms with Crippen LogP contribution >= 0.6 is 0 Å². The van der Waals surface area contributed by atoms with Crippen LogP contribution in [0.4, 0.5) is 4.39 Å². The van der Waals surface area contributed by atoms with E-state index in [2.05, 4.69) is 9.97 Å². The summed E-state index contributed by atoms with van der Waals surface area (Å²) >= 11 is -2.12. The van der Waals surface area contributed by atoms with E-state index in [-0.39, 0.29) is 17.4 Å². The lowest BCUT2D eigenvalue weighted by Gasteiger charge is -2.15. The predicted octanol–water partition coefficient (Wildman–Crippen LogP) is 6.00. The Morgan fingerprint density at radius 1 is 1.23 bits per heavy atom. The van der Waals surface area contributed by atoms with Crippen LogP contribution in [0.1, 0.15) is 53.4 Å². The number of halogens is 1. The van der Waals surface area contributed by atoms with E-state index in [4.69, 9.17) is 0 Å². The lowest BCUT2D eigenvalue weighted by atomic mass is 9.87. The zero-order valence-electron chi connectivity index (χ0n) is 19.3. The molecule has 0 aliphatic heterocycles. The Labute approximate surface area is 204 Å². The van der Waals surface area contributed by atoms with Gasteiger partial charge in [-0.25, -0.2) is 9.18 Å². The highest BCUT2D eigenvalue weighted by Crippen LogP contribution is 2.45. The Morgan fingerprint density at radius 3 is 2.74 bits per heavy atom. The number of H-pyrrole nitrogens is 2. The summed E-state index contributed by atoms with van der Waals surface area (Å²) < 4.78 is 36.7. The number of aromatic carboxylic acids is 1. The molecule has 8 heteroatoms. The fourth-order valence-electron chi connectivity index (χ4n) is 5.11. The van der Waals surface area contributed by atoms with Gasteiger partial charge >= 0.3 is 5.97 Å². The second kappa shape index (κ2) is 8.94. The fourth-order valence-corrected chi connectivity index (χ4v) is 5.54. The quantitative estimate of drug-likeness (QED) is 0.276. The normalized spacial score (nSPS) is 13.9. The van der Waals surface area contributed by atoms with Crippen LogP contribution in [-0.4, -0.2) is 35.6 Å². The van der Waals surface area contributed by atoms with Crippen molar-refractivity contribution in [3.05, 3.63) is 76.4 Å². The van der Waals surface area contributed by atoms with Crippen LogP contribution in [0.25, 0.3) is 39.4 Å². The summed E-state index contributed by atoms with van der Waals surface area (Å²) in [5.74, 6) is -1.53. The minimum Gasteiger partial charge on any atom is -0.772 e. The summed E-state index contributed by atoms with van der Waals surface area (Å²) in [4.78, 5) is 18.6. The van der Waals surface area contributed by atoms with Crippen LogP contribution in [0.5, 0.6) is 0 Å². The Bertz CT molecular complexity index is 1530. The molecule has 3 N–H and O–H groups in total. The van der Waals surface area contributed by atoms with Gasteiger partial charge in [-0.05, 0) is 59.2 Å². The van der Waals surface area contributed by atoms with E-state index < -0.39 is 22.9 Å². The average molecular weight is 492 g/mol. The Hall–Kier alpha value is -3.49. The van der Waals surface area contributed by atoms with E-state index in [1.54, 1.807) is 6.20 Å². The number of fused-ring (bicyclic) bond motifs is 2. The van der Waals surface area contributed by atoms with Gasteiger partial charge in [-0.3, -0.25) is 4.21 Å². The predicted molar refractivity (Wildman–Crippen MR) is 135 cm³/mol. The van der Waals surface area contributed by atoms with E-state index in [1.165, 1.54) is 12.1 Å². The number of nitrogens with one attached hydrogen (secondary N) is 2. The molecule has 6 nitrogen and oxygen atoms in total. The number of carbonyl (C=O) groups is 1. The standard InChI is InChI=1S/C27H25FN2O4S/c1-14(2)23-24(19-5-3-4-16-10-15(11-20(16)19)7-9-35(33)34)26(27(31)32)30-25(23)21-12-17(28)13-22-18(21)6-8-29-22/h3-6,8,11-14,29-30H,7,9-10H2,1-2H3,(H,31,32)(H,33,34)/p-1. The smallest absolute Gasteiger partial charge is 0.352 e. The maximum Gasteiger partial charge on any atom is 0.352 e. The molecule has 4 aromatic rings. The fraction of sp³-hybridized carbons (Fsp3) is 0.222. The number of rotatable bonds is 7. The summed E-state index contributed by atoms with van der Waals surface area (Å²) in [5.41, 5.74) is 6.93. The number of hydrogen-bond donors (Lipinski definition) is 3. The first kappa shape index (κ1) is 23.3. The number of carboxylic acids is 1. The van der Waals surface area contributed by atoms with E-state index in [0.717, 1.165) is 33.2 Å². The van der Waals surface area contributed by atoms with Crippen LogP contribution in [0.3, 0.4) is 0 Å². The second-order valence-corrected chi connectivity index (χ2v) is 10.1. The molecular formula is C27H24FN2O4S-. The van der Waals surface area contributed by atoms with Gasteiger partial charge in [0.15, 0.2) is 0 Å². The zero-order valence-corrected chi connectivity index (χ0v) is 20.1. The van der Waals surface area contributed by atoms with Crippen LogP contribution < -0.4 is 0 Å². The van der Waals surface area contributed by atoms with Crippen molar-refractivity contribution in [1.82, 2.24) is 9.97 Å². The third-order valence-corrected chi connectivity index (χ3v) is 7.09. The molecule has 5 rings (SSSR count). The minimum absolute atomic E-state index is 0.0487. The number of benzene rings is 2.